The average molecular weight is 808 g/mol. The first-order valence-corrected chi connectivity index (χ1v) is 25.1. The molecule has 0 heterocycles. The number of carbonyl (C=O) groups excluding carboxylic acids is 3. The Labute approximate surface area is 354 Å². The summed E-state index contributed by atoms with van der Waals surface area (Å²) >= 11 is 0. The fourth-order valence-electron chi connectivity index (χ4n) is 7.89. The standard InChI is InChI=1S/C50H97NO6/c1-6-10-14-18-20-28-38-47(36-26-16-12-8-3)49(53)56-44-33-24-22-30-40-51(42-32-35-43-55-46(5)52)41-31-23-25-34-45-57-50(54)48(37-27-17-13-9-4)39-29-21-19-15-11-7-2/h47-48H,6-45H2,1-5H3/t47-,48?/m0/s1. The van der Waals surface area contributed by atoms with Gasteiger partial charge in [0.15, 0.2) is 0 Å². The first-order valence-electron chi connectivity index (χ1n) is 25.1. The van der Waals surface area contributed by atoms with Crippen molar-refractivity contribution in [3.8, 4) is 0 Å². The first-order chi connectivity index (χ1) is 27.9. The van der Waals surface area contributed by atoms with E-state index in [4.69, 9.17) is 14.2 Å². The molecule has 0 aromatic rings. The second-order valence-corrected chi connectivity index (χ2v) is 17.3. The molecule has 0 spiro atoms. The van der Waals surface area contributed by atoms with E-state index >= 15 is 0 Å². The minimum Gasteiger partial charge on any atom is -0.466 e. The van der Waals surface area contributed by atoms with Crippen LogP contribution in [0.25, 0.3) is 0 Å². The van der Waals surface area contributed by atoms with Crippen LogP contribution in [-0.4, -0.2) is 62.3 Å². The summed E-state index contributed by atoms with van der Waals surface area (Å²) in [6.07, 6.45) is 39.3. The highest BCUT2D eigenvalue weighted by molar-refractivity contribution is 5.72. The van der Waals surface area contributed by atoms with E-state index in [-0.39, 0.29) is 29.7 Å². The highest BCUT2D eigenvalue weighted by atomic mass is 16.5. The van der Waals surface area contributed by atoms with E-state index in [0.29, 0.717) is 19.8 Å². The lowest BCUT2D eigenvalue weighted by Gasteiger charge is -2.22. The molecule has 0 rings (SSSR count). The molecule has 1 unspecified atom stereocenters. The Hall–Kier alpha value is -1.63. The molecule has 0 bridgehead atoms. The number of hydrogen-bond donors (Lipinski definition) is 0. The average Bonchev–Trinajstić information content (AvgIpc) is 3.20. The third kappa shape index (κ3) is 38.3. The summed E-state index contributed by atoms with van der Waals surface area (Å²) in [7, 11) is 0. The fraction of sp³-hybridized carbons (Fsp3) is 0.940. The summed E-state index contributed by atoms with van der Waals surface area (Å²) in [6.45, 7) is 15.2. The van der Waals surface area contributed by atoms with Gasteiger partial charge in [-0.1, -0.05) is 182 Å². The highest BCUT2D eigenvalue weighted by Gasteiger charge is 2.20. The van der Waals surface area contributed by atoms with Crippen molar-refractivity contribution in [2.75, 3.05) is 39.5 Å². The molecule has 7 nitrogen and oxygen atoms in total. The van der Waals surface area contributed by atoms with Crippen LogP contribution in [0.4, 0.5) is 0 Å². The monoisotopic (exact) mass is 808 g/mol. The second-order valence-electron chi connectivity index (χ2n) is 17.3. The zero-order chi connectivity index (χ0) is 41.9. The molecule has 0 aliphatic rings. The van der Waals surface area contributed by atoms with Crippen LogP contribution in [0.5, 0.6) is 0 Å². The number of hydrogen-bond acceptors (Lipinski definition) is 7. The Morgan fingerprint density at radius 1 is 0.351 bits per heavy atom. The van der Waals surface area contributed by atoms with Gasteiger partial charge in [-0.2, -0.15) is 0 Å². The summed E-state index contributed by atoms with van der Waals surface area (Å²) in [5.74, 6) is 0.0420. The van der Waals surface area contributed by atoms with Crippen molar-refractivity contribution in [2.24, 2.45) is 11.8 Å². The van der Waals surface area contributed by atoms with Crippen LogP contribution in [0.1, 0.15) is 253 Å². The molecule has 7 heteroatoms. The zero-order valence-corrected chi connectivity index (χ0v) is 38.8. The lowest BCUT2D eigenvalue weighted by atomic mass is 9.94. The molecule has 0 fully saturated rings. The zero-order valence-electron chi connectivity index (χ0n) is 38.8. The van der Waals surface area contributed by atoms with Crippen LogP contribution in [0.15, 0.2) is 0 Å². The third-order valence-electron chi connectivity index (χ3n) is 11.7. The quantitative estimate of drug-likeness (QED) is 0.0344. The number of ether oxygens (including phenoxy) is 3. The number of esters is 3. The highest BCUT2D eigenvalue weighted by Crippen LogP contribution is 2.22. The predicted octanol–water partition coefficient (Wildman–Crippen LogP) is 14.5. The van der Waals surface area contributed by atoms with Crippen LogP contribution < -0.4 is 0 Å². The van der Waals surface area contributed by atoms with E-state index in [1.807, 2.05) is 0 Å². The van der Waals surface area contributed by atoms with Crippen molar-refractivity contribution in [2.45, 2.75) is 253 Å². The van der Waals surface area contributed by atoms with Crippen LogP contribution in [0, 0.1) is 11.8 Å². The van der Waals surface area contributed by atoms with Crippen molar-refractivity contribution in [1.29, 1.82) is 0 Å². The first kappa shape index (κ1) is 55.4. The van der Waals surface area contributed by atoms with Gasteiger partial charge in [0.2, 0.25) is 0 Å². The molecule has 57 heavy (non-hydrogen) atoms. The van der Waals surface area contributed by atoms with Gasteiger partial charge in [0.1, 0.15) is 0 Å². The smallest absolute Gasteiger partial charge is 0.308 e. The molecule has 0 aliphatic carbocycles. The van der Waals surface area contributed by atoms with E-state index in [1.165, 1.54) is 110 Å². The molecule has 0 aromatic heterocycles. The summed E-state index contributed by atoms with van der Waals surface area (Å²) in [5.41, 5.74) is 0. The maximum absolute atomic E-state index is 13.0. The van der Waals surface area contributed by atoms with Gasteiger partial charge >= 0.3 is 17.9 Å². The molecule has 0 saturated heterocycles. The molecule has 0 radical (unpaired) electrons. The Bertz CT molecular complexity index is 823. The normalized spacial score (nSPS) is 12.5. The lowest BCUT2D eigenvalue weighted by molar-refractivity contribution is -0.150. The van der Waals surface area contributed by atoms with Gasteiger partial charge in [0.05, 0.1) is 31.7 Å². The number of unbranched alkanes of at least 4 members (excludes halogenated alkanes) is 23. The van der Waals surface area contributed by atoms with Gasteiger partial charge < -0.3 is 19.1 Å². The van der Waals surface area contributed by atoms with E-state index < -0.39 is 0 Å². The van der Waals surface area contributed by atoms with Crippen LogP contribution >= 0.6 is 0 Å². The van der Waals surface area contributed by atoms with E-state index in [1.54, 1.807) is 0 Å². The van der Waals surface area contributed by atoms with Gasteiger partial charge in [-0.3, -0.25) is 14.4 Å². The van der Waals surface area contributed by atoms with E-state index in [9.17, 15) is 14.4 Å². The summed E-state index contributed by atoms with van der Waals surface area (Å²) in [5, 5.41) is 0. The topological polar surface area (TPSA) is 82.1 Å². The van der Waals surface area contributed by atoms with Gasteiger partial charge in [-0.15, -0.1) is 0 Å². The van der Waals surface area contributed by atoms with Gasteiger partial charge in [0.25, 0.3) is 0 Å². The van der Waals surface area contributed by atoms with Crippen LogP contribution in [0.3, 0.4) is 0 Å². The molecule has 338 valence electrons. The molecular formula is C50H97NO6. The molecule has 0 aliphatic heterocycles. The largest absolute Gasteiger partial charge is 0.466 e. The lowest BCUT2D eigenvalue weighted by Crippen LogP contribution is -2.27. The minimum absolute atomic E-state index is 0.0450. The van der Waals surface area contributed by atoms with Crippen LogP contribution in [0.2, 0.25) is 0 Å². The second kappa shape index (κ2) is 43.9. The maximum atomic E-state index is 13.0. The van der Waals surface area contributed by atoms with Crippen molar-refractivity contribution < 1.29 is 28.6 Å². The molecular weight excluding hydrogens is 711 g/mol. The molecule has 2 atom stereocenters. The van der Waals surface area contributed by atoms with E-state index in [2.05, 4.69) is 32.6 Å². The minimum atomic E-state index is -0.205. The number of rotatable bonds is 45. The summed E-state index contributed by atoms with van der Waals surface area (Å²) in [4.78, 5) is 39.8. The van der Waals surface area contributed by atoms with Crippen molar-refractivity contribution in [1.82, 2.24) is 4.90 Å². The summed E-state index contributed by atoms with van der Waals surface area (Å²) < 4.78 is 16.8. The van der Waals surface area contributed by atoms with Gasteiger partial charge in [0, 0.05) is 6.92 Å². The fourth-order valence-corrected chi connectivity index (χ4v) is 7.89. The Kier molecular flexibility index (Phi) is 42.7. The summed E-state index contributed by atoms with van der Waals surface area (Å²) in [6, 6.07) is 0. The van der Waals surface area contributed by atoms with Crippen LogP contribution in [-0.2, 0) is 28.6 Å². The van der Waals surface area contributed by atoms with Crippen molar-refractivity contribution in [3.05, 3.63) is 0 Å². The number of carbonyl (C=O) groups is 3. The molecule has 0 saturated carbocycles. The third-order valence-corrected chi connectivity index (χ3v) is 11.7. The van der Waals surface area contributed by atoms with Crippen molar-refractivity contribution in [3.63, 3.8) is 0 Å². The molecule has 0 amide bonds. The predicted molar refractivity (Wildman–Crippen MR) is 242 cm³/mol. The Morgan fingerprint density at radius 3 is 0.982 bits per heavy atom. The molecule has 0 N–H and O–H groups in total. The molecule has 0 aromatic carbocycles. The van der Waals surface area contributed by atoms with Gasteiger partial charge in [-0.25, -0.2) is 0 Å². The van der Waals surface area contributed by atoms with Crippen molar-refractivity contribution >= 4 is 17.9 Å². The Balaban J connectivity index is 4.55. The maximum Gasteiger partial charge on any atom is 0.308 e. The SMILES string of the molecule is CCCCCCCCC(CCCCCC)C(=O)OCCCCCCN(CCCCCCOC(=O)[C@@H](CCCCCC)CCCCCCCC)CCCCOC(C)=O. The number of nitrogens with zero attached hydrogens (tertiary/aromatic N) is 1. The Morgan fingerprint density at radius 2 is 0.614 bits per heavy atom. The van der Waals surface area contributed by atoms with Gasteiger partial charge in [-0.05, 0) is 83.8 Å². The van der Waals surface area contributed by atoms with E-state index in [0.717, 1.165) is 135 Å².